The van der Waals surface area contributed by atoms with Gasteiger partial charge >= 0.3 is 0 Å². The normalized spacial score (nSPS) is 12.4. The molecular weight excluding hydrogens is 268 g/mol. The second kappa shape index (κ2) is 3.84. The molecule has 2 rings (SSSR count). The van der Waals surface area contributed by atoms with Crippen LogP contribution in [0.2, 0.25) is 0 Å². The van der Waals surface area contributed by atoms with Crippen LogP contribution >= 0.6 is 15.9 Å². The maximum Gasteiger partial charge on any atom is 0.137 e. The molecule has 0 unspecified atom stereocenters. The Morgan fingerprint density at radius 3 is 2.50 bits per heavy atom. The SMILES string of the molecule is N#CC(C#N)=C1C=C(O)c2cc(Br)ccc21. The summed E-state index contributed by atoms with van der Waals surface area (Å²) in [5, 5.41) is 27.3. The van der Waals surface area contributed by atoms with Crippen LogP contribution in [0.5, 0.6) is 0 Å². The van der Waals surface area contributed by atoms with Crippen LogP contribution in [0.1, 0.15) is 11.1 Å². The van der Waals surface area contributed by atoms with Crippen molar-refractivity contribution >= 4 is 27.3 Å². The summed E-state index contributed by atoms with van der Waals surface area (Å²) in [7, 11) is 0. The number of nitriles is 2. The number of rotatable bonds is 0. The van der Waals surface area contributed by atoms with Crippen molar-refractivity contribution in [3.05, 3.63) is 45.4 Å². The summed E-state index contributed by atoms with van der Waals surface area (Å²) < 4.78 is 0.836. The van der Waals surface area contributed by atoms with E-state index < -0.39 is 0 Å². The first kappa shape index (κ1) is 10.5. The Balaban J connectivity index is 2.75. The minimum Gasteiger partial charge on any atom is -0.507 e. The molecule has 16 heavy (non-hydrogen) atoms. The number of allylic oxidation sites excluding steroid dienone is 3. The third kappa shape index (κ3) is 1.50. The molecule has 0 saturated heterocycles. The summed E-state index contributed by atoms with van der Waals surface area (Å²) in [6, 6.07) is 8.96. The number of aliphatic hydroxyl groups excluding tert-OH is 1. The van der Waals surface area contributed by atoms with Crippen LogP contribution in [0.4, 0.5) is 0 Å². The van der Waals surface area contributed by atoms with Crippen LogP contribution in [-0.4, -0.2) is 5.11 Å². The second-order valence-corrected chi connectivity index (χ2v) is 4.15. The lowest BCUT2D eigenvalue weighted by Gasteiger charge is -2.01. The molecule has 1 aromatic carbocycles. The Morgan fingerprint density at radius 1 is 1.19 bits per heavy atom. The molecule has 0 aromatic heterocycles. The van der Waals surface area contributed by atoms with E-state index in [-0.39, 0.29) is 11.3 Å². The fourth-order valence-corrected chi connectivity index (χ4v) is 1.97. The van der Waals surface area contributed by atoms with Gasteiger partial charge in [0, 0.05) is 15.6 Å². The highest BCUT2D eigenvalue weighted by molar-refractivity contribution is 9.10. The average molecular weight is 273 g/mol. The highest BCUT2D eigenvalue weighted by atomic mass is 79.9. The lowest BCUT2D eigenvalue weighted by atomic mass is 10.0. The van der Waals surface area contributed by atoms with Gasteiger partial charge in [0.25, 0.3) is 0 Å². The number of halogens is 1. The van der Waals surface area contributed by atoms with E-state index in [2.05, 4.69) is 15.9 Å². The Hall–Kier alpha value is -2.04. The molecule has 0 saturated carbocycles. The molecule has 1 aliphatic rings. The van der Waals surface area contributed by atoms with E-state index in [1.807, 2.05) is 12.1 Å². The van der Waals surface area contributed by atoms with Crippen LogP contribution in [0, 0.1) is 22.7 Å². The van der Waals surface area contributed by atoms with Crippen molar-refractivity contribution in [2.24, 2.45) is 0 Å². The van der Waals surface area contributed by atoms with E-state index in [0.717, 1.165) is 4.47 Å². The zero-order chi connectivity index (χ0) is 11.7. The van der Waals surface area contributed by atoms with Crippen molar-refractivity contribution in [1.29, 1.82) is 10.5 Å². The smallest absolute Gasteiger partial charge is 0.137 e. The Kier molecular flexibility index (Phi) is 2.52. The first-order chi connectivity index (χ1) is 7.67. The van der Waals surface area contributed by atoms with Crippen molar-refractivity contribution < 1.29 is 5.11 Å². The summed E-state index contributed by atoms with van der Waals surface area (Å²) in [6.45, 7) is 0. The van der Waals surface area contributed by atoms with Crippen molar-refractivity contribution in [3.63, 3.8) is 0 Å². The molecule has 0 bridgehead atoms. The van der Waals surface area contributed by atoms with Gasteiger partial charge in [-0.1, -0.05) is 22.0 Å². The quantitative estimate of drug-likeness (QED) is 0.738. The molecule has 1 N–H and O–H groups in total. The highest BCUT2D eigenvalue weighted by Gasteiger charge is 2.21. The zero-order valence-corrected chi connectivity index (χ0v) is 9.62. The van der Waals surface area contributed by atoms with Gasteiger partial charge in [0.15, 0.2) is 0 Å². The molecule has 1 aromatic rings. The lowest BCUT2D eigenvalue weighted by molar-refractivity contribution is 0.513. The molecule has 4 heteroatoms. The maximum absolute atomic E-state index is 9.70. The molecule has 1 aliphatic carbocycles. The molecule has 0 amide bonds. The highest BCUT2D eigenvalue weighted by Crippen LogP contribution is 2.36. The number of nitrogens with zero attached hydrogens (tertiary/aromatic N) is 2. The standard InChI is InChI=1S/C12H5BrN2O/c13-8-1-2-9-10(7(5-14)6-15)4-12(16)11(9)3-8/h1-4,16H. The van der Waals surface area contributed by atoms with Gasteiger partial charge in [-0.3, -0.25) is 0 Å². The molecule has 0 heterocycles. The van der Waals surface area contributed by atoms with Crippen LogP contribution in [-0.2, 0) is 0 Å². The zero-order valence-electron chi connectivity index (χ0n) is 8.03. The molecule has 0 radical (unpaired) electrons. The minimum atomic E-state index is 0.00706. The molecule has 3 nitrogen and oxygen atoms in total. The van der Waals surface area contributed by atoms with Gasteiger partial charge in [-0.15, -0.1) is 0 Å². The monoisotopic (exact) mass is 272 g/mol. The first-order valence-corrected chi connectivity index (χ1v) is 5.22. The Labute approximate surface area is 101 Å². The topological polar surface area (TPSA) is 67.8 Å². The fourth-order valence-electron chi connectivity index (χ4n) is 1.61. The number of hydrogen-bond donors (Lipinski definition) is 1. The summed E-state index contributed by atoms with van der Waals surface area (Å²) in [5.74, 6) is 0.0781. The van der Waals surface area contributed by atoms with Crippen LogP contribution < -0.4 is 0 Å². The third-order valence-electron chi connectivity index (χ3n) is 2.32. The summed E-state index contributed by atoms with van der Waals surface area (Å²) in [6.07, 6.45) is 1.44. The summed E-state index contributed by atoms with van der Waals surface area (Å²) >= 11 is 3.30. The van der Waals surface area contributed by atoms with Crippen molar-refractivity contribution in [3.8, 4) is 12.1 Å². The molecule has 0 atom stereocenters. The summed E-state index contributed by atoms with van der Waals surface area (Å²) in [5.41, 5.74) is 1.82. The first-order valence-electron chi connectivity index (χ1n) is 4.43. The van der Waals surface area contributed by atoms with Crippen molar-refractivity contribution in [2.75, 3.05) is 0 Å². The molecule has 0 aliphatic heterocycles. The Bertz CT molecular complexity index is 599. The number of aliphatic hydroxyl groups is 1. The van der Waals surface area contributed by atoms with Crippen molar-refractivity contribution in [2.45, 2.75) is 0 Å². The van der Waals surface area contributed by atoms with Gasteiger partial charge in [-0.25, -0.2) is 0 Å². The predicted molar refractivity (Wildman–Crippen MR) is 62.9 cm³/mol. The van der Waals surface area contributed by atoms with Gasteiger partial charge in [-0.05, 0) is 23.8 Å². The van der Waals surface area contributed by atoms with Gasteiger partial charge < -0.3 is 5.11 Å². The van der Waals surface area contributed by atoms with E-state index in [0.29, 0.717) is 16.7 Å². The van der Waals surface area contributed by atoms with Crippen LogP contribution in [0.15, 0.2) is 34.3 Å². The van der Waals surface area contributed by atoms with Crippen LogP contribution in [0.25, 0.3) is 11.3 Å². The molecule has 76 valence electrons. The van der Waals surface area contributed by atoms with E-state index in [1.165, 1.54) is 6.08 Å². The number of hydrogen-bond acceptors (Lipinski definition) is 3. The largest absolute Gasteiger partial charge is 0.507 e. The third-order valence-corrected chi connectivity index (χ3v) is 2.81. The average Bonchev–Trinajstić information content (AvgIpc) is 2.58. The van der Waals surface area contributed by atoms with E-state index >= 15 is 0 Å². The van der Waals surface area contributed by atoms with E-state index in [1.54, 1.807) is 18.2 Å². The van der Waals surface area contributed by atoms with E-state index in [9.17, 15) is 5.11 Å². The Morgan fingerprint density at radius 2 is 1.88 bits per heavy atom. The number of benzene rings is 1. The van der Waals surface area contributed by atoms with Gasteiger partial charge in [-0.2, -0.15) is 10.5 Å². The fraction of sp³-hybridized carbons (Fsp3) is 0. The van der Waals surface area contributed by atoms with Gasteiger partial charge in [0.05, 0.1) is 0 Å². The van der Waals surface area contributed by atoms with E-state index in [4.69, 9.17) is 10.5 Å². The summed E-state index contributed by atoms with van der Waals surface area (Å²) in [4.78, 5) is 0. The van der Waals surface area contributed by atoms with Gasteiger partial charge in [0.2, 0.25) is 0 Å². The molecule has 0 fully saturated rings. The van der Waals surface area contributed by atoms with Gasteiger partial charge in [0.1, 0.15) is 23.5 Å². The molecule has 0 spiro atoms. The van der Waals surface area contributed by atoms with Crippen molar-refractivity contribution in [1.82, 2.24) is 0 Å². The molecular formula is C12H5BrN2O. The van der Waals surface area contributed by atoms with Crippen LogP contribution in [0.3, 0.4) is 0 Å². The lowest BCUT2D eigenvalue weighted by Crippen LogP contribution is -1.86. The second-order valence-electron chi connectivity index (χ2n) is 3.23. The minimum absolute atomic E-state index is 0.00706. The predicted octanol–water partition coefficient (Wildman–Crippen LogP) is 3.16. The number of fused-ring (bicyclic) bond motifs is 1. The maximum atomic E-state index is 9.70.